The fourth-order valence-corrected chi connectivity index (χ4v) is 2.24. The summed E-state index contributed by atoms with van der Waals surface area (Å²) < 4.78 is 0. The van der Waals surface area contributed by atoms with Gasteiger partial charge in [-0.15, -0.1) is 21.5 Å². The molecule has 1 aromatic heterocycles. The van der Waals surface area contributed by atoms with Gasteiger partial charge in [0.25, 0.3) is 0 Å². The van der Waals surface area contributed by atoms with Gasteiger partial charge in [0.1, 0.15) is 10.0 Å². The van der Waals surface area contributed by atoms with Gasteiger partial charge >= 0.3 is 0 Å². The van der Waals surface area contributed by atoms with Gasteiger partial charge in [-0.05, 0) is 6.92 Å². The van der Waals surface area contributed by atoms with Crippen molar-refractivity contribution in [1.29, 1.82) is 0 Å². The molecule has 0 radical (unpaired) electrons. The first-order chi connectivity index (χ1) is 5.77. The minimum Gasteiger partial charge on any atom is -0.391 e. The number of hydrogen-bond acceptors (Lipinski definition) is 5. The molecule has 2 rings (SSSR count). The second-order valence-electron chi connectivity index (χ2n) is 2.99. The molecule has 1 fully saturated rings. The van der Waals surface area contributed by atoms with Crippen molar-refractivity contribution < 1.29 is 5.11 Å². The molecule has 2 atom stereocenters. The topological polar surface area (TPSA) is 58.0 Å². The van der Waals surface area contributed by atoms with E-state index in [1.165, 1.54) is 0 Å². The van der Waals surface area contributed by atoms with Crippen LogP contribution in [0.5, 0.6) is 0 Å². The minimum absolute atomic E-state index is 0.149. The highest BCUT2D eigenvalue weighted by Crippen LogP contribution is 2.25. The lowest BCUT2D eigenvalue weighted by atomic mass is 10.1. The highest BCUT2D eigenvalue weighted by atomic mass is 32.1. The van der Waals surface area contributed by atoms with Crippen LogP contribution in [-0.4, -0.2) is 34.5 Å². The number of aliphatic hydroxyl groups is 1. The fourth-order valence-electron chi connectivity index (χ4n) is 1.38. The van der Waals surface area contributed by atoms with Crippen LogP contribution in [0.1, 0.15) is 15.9 Å². The summed E-state index contributed by atoms with van der Waals surface area (Å²) in [4.78, 5) is 0. The molecule has 0 aromatic carbocycles. The zero-order chi connectivity index (χ0) is 8.55. The number of aryl methyl sites for hydroxylation is 1. The van der Waals surface area contributed by atoms with E-state index in [0.717, 1.165) is 16.6 Å². The van der Waals surface area contributed by atoms with Crippen molar-refractivity contribution in [3.8, 4) is 0 Å². The number of hydrogen-bond donors (Lipinski definition) is 2. The maximum Gasteiger partial charge on any atom is 0.124 e. The third-order valence-electron chi connectivity index (χ3n) is 2.04. The lowest BCUT2D eigenvalue weighted by molar-refractivity contribution is 0.177. The zero-order valence-electron chi connectivity index (χ0n) is 6.82. The normalized spacial score (nSPS) is 29.5. The molecule has 0 unspecified atom stereocenters. The molecular weight excluding hydrogens is 174 g/mol. The third-order valence-corrected chi connectivity index (χ3v) is 3.01. The van der Waals surface area contributed by atoms with Crippen molar-refractivity contribution in [1.82, 2.24) is 15.5 Å². The zero-order valence-corrected chi connectivity index (χ0v) is 7.64. The van der Waals surface area contributed by atoms with Crippen LogP contribution in [0.15, 0.2) is 0 Å². The van der Waals surface area contributed by atoms with Crippen LogP contribution in [0.3, 0.4) is 0 Å². The molecule has 1 aromatic rings. The highest BCUT2D eigenvalue weighted by Gasteiger charge is 2.29. The van der Waals surface area contributed by atoms with Crippen molar-refractivity contribution in [2.45, 2.75) is 18.9 Å². The maximum absolute atomic E-state index is 9.53. The predicted octanol–water partition coefficient (Wildman–Crippen LogP) is -0.106. The molecule has 1 aliphatic heterocycles. The van der Waals surface area contributed by atoms with Crippen LogP contribution in [-0.2, 0) is 0 Å². The lowest BCUT2D eigenvalue weighted by Crippen LogP contribution is -2.15. The third kappa shape index (κ3) is 1.35. The van der Waals surface area contributed by atoms with Gasteiger partial charge in [-0.3, -0.25) is 0 Å². The van der Waals surface area contributed by atoms with Gasteiger partial charge in [0.2, 0.25) is 0 Å². The number of nitrogens with zero attached hydrogens (tertiary/aromatic N) is 2. The Bertz CT molecular complexity index is 275. The summed E-state index contributed by atoms with van der Waals surface area (Å²) in [6.45, 7) is 3.41. The molecule has 2 heterocycles. The molecule has 5 heteroatoms. The summed E-state index contributed by atoms with van der Waals surface area (Å²) in [5.74, 6) is 0.149. The van der Waals surface area contributed by atoms with E-state index in [1.54, 1.807) is 11.3 Å². The van der Waals surface area contributed by atoms with Gasteiger partial charge in [0.05, 0.1) is 12.0 Å². The van der Waals surface area contributed by atoms with E-state index in [1.807, 2.05) is 6.92 Å². The molecule has 1 saturated heterocycles. The molecule has 12 heavy (non-hydrogen) atoms. The Labute approximate surface area is 74.6 Å². The number of aliphatic hydroxyl groups excluding tert-OH is 1. The quantitative estimate of drug-likeness (QED) is 0.641. The Morgan fingerprint density at radius 3 is 2.83 bits per heavy atom. The van der Waals surface area contributed by atoms with Crippen LogP contribution in [0.2, 0.25) is 0 Å². The van der Waals surface area contributed by atoms with E-state index in [9.17, 15) is 5.11 Å². The van der Waals surface area contributed by atoms with Gasteiger partial charge in [0, 0.05) is 13.1 Å². The van der Waals surface area contributed by atoms with Gasteiger partial charge in [-0.1, -0.05) is 0 Å². The smallest absolute Gasteiger partial charge is 0.124 e. The standard InChI is InChI=1S/C7H11N3OS/c1-4-9-10-7(12-4)5-2-8-3-6(5)11/h5-6,8,11H,2-3H2,1H3/t5-,6-/m1/s1. The average Bonchev–Trinajstić information content (AvgIpc) is 2.58. The average molecular weight is 185 g/mol. The van der Waals surface area contributed by atoms with Crippen molar-refractivity contribution in [3.63, 3.8) is 0 Å². The molecule has 0 amide bonds. The van der Waals surface area contributed by atoms with Gasteiger partial charge in [0.15, 0.2) is 0 Å². The summed E-state index contributed by atoms with van der Waals surface area (Å²) in [5.41, 5.74) is 0. The van der Waals surface area contributed by atoms with E-state index in [-0.39, 0.29) is 12.0 Å². The fraction of sp³-hybridized carbons (Fsp3) is 0.714. The Balaban J connectivity index is 2.19. The van der Waals surface area contributed by atoms with Gasteiger partial charge < -0.3 is 10.4 Å². The van der Waals surface area contributed by atoms with Crippen LogP contribution in [0.25, 0.3) is 0 Å². The summed E-state index contributed by atoms with van der Waals surface area (Å²) in [6.07, 6.45) is -0.294. The Morgan fingerprint density at radius 2 is 2.33 bits per heavy atom. The summed E-state index contributed by atoms with van der Waals surface area (Å²) >= 11 is 1.57. The van der Waals surface area contributed by atoms with Gasteiger partial charge in [-0.25, -0.2) is 0 Å². The van der Waals surface area contributed by atoms with Crippen molar-refractivity contribution in [2.24, 2.45) is 0 Å². The Kier molecular flexibility index (Phi) is 2.08. The molecule has 4 nitrogen and oxygen atoms in total. The van der Waals surface area contributed by atoms with E-state index in [4.69, 9.17) is 0 Å². The summed E-state index contributed by atoms with van der Waals surface area (Å²) in [6, 6.07) is 0. The first-order valence-electron chi connectivity index (χ1n) is 3.96. The second kappa shape index (κ2) is 3.08. The van der Waals surface area contributed by atoms with Crippen LogP contribution in [0.4, 0.5) is 0 Å². The molecule has 0 spiro atoms. The molecular formula is C7H11N3OS. The van der Waals surface area contributed by atoms with Crippen LogP contribution >= 0.6 is 11.3 Å². The highest BCUT2D eigenvalue weighted by molar-refractivity contribution is 7.11. The predicted molar refractivity (Wildman–Crippen MR) is 46.3 cm³/mol. The first-order valence-corrected chi connectivity index (χ1v) is 4.78. The van der Waals surface area contributed by atoms with Crippen molar-refractivity contribution >= 4 is 11.3 Å². The lowest BCUT2D eigenvalue weighted by Gasteiger charge is -2.07. The van der Waals surface area contributed by atoms with E-state index in [0.29, 0.717) is 6.54 Å². The van der Waals surface area contributed by atoms with E-state index >= 15 is 0 Å². The summed E-state index contributed by atoms with van der Waals surface area (Å²) in [7, 11) is 0. The van der Waals surface area contributed by atoms with E-state index < -0.39 is 0 Å². The number of nitrogens with one attached hydrogen (secondary N) is 1. The number of β-amino-alcohol motifs (C(OH)–C–C–N with tert-alkyl or cyclic N) is 1. The Morgan fingerprint density at radius 1 is 1.50 bits per heavy atom. The monoisotopic (exact) mass is 185 g/mol. The van der Waals surface area contributed by atoms with Gasteiger partial charge in [-0.2, -0.15) is 0 Å². The molecule has 0 bridgehead atoms. The largest absolute Gasteiger partial charge is 0.391 e. The van der Waals surface area contributed by atoms with E-state index in [2.05, 4.69) is 15.5 Å². The van der Waals surface area contributed by atoms with Crippen molar-refractivity contribution in [3.05, 3.63) is 10.0 Å². The van der Waals surface area contributed by atoms with Crippen LogP contribution in [0, 0.1) is 6.92 Å². The SMILES string of the molecule is Cc1nnc([C@@H]2CNC[C@H]2O)s1. The second-order valence-corrected chi connectivity index (χ2v) is 4.20. The molecule has 2 N–H and O–H groups in total. The van der Waals surface area contributed by atoms with Crippen molar-refractivity contribution in [2.75, 3.05) is 13.1 Å². The number of rotatable bonds is 1. The molecule has 1 aliphatic rings. The summed E-state index contributed by atoms with van der Waals surface area (Å²) in [5, 5.41) is 22.5. The number of aromatic nitrogens is 2. The molecule has 66 valence electrons. The molecule has 0 saturated carbocycles. The maximum atomic E-state index is 9.53. The van der Waals surface area contributed by atoms with Crippen LogP contribution < -0.4 is 5.32 Å². The molecule has 0 aliphatic carbocycles. The Hall–Kier alpha value is -0.520. The first kappa shape index (κ1) is 8.10. The minimum atomic E-state index is -0.294.